The number of unbranched alkanes of at least 4 members (excludes halogenated alkanes) is 24. The fourth-order valence-corrected chi connectivity index (χ4v) is 8.22. The summed E-state index contributed by atoms with van der Waals surface area (Å²) in [4.78, 5) is 26.2. The van der Waals surface area contributed by atoms with Crippen molar-refractivity contribution in [1.82, 2.24) is 5.32 Å². The van der Waals surface area contributed by atoms with Crippen LogP contribution >= 0.6 is 0 Å². The Morgan fingerprint density at radius 2 is 0.768 bits per heavy atom. The molecule has 3 N–H and O–H groups in total. The highest BCUT2D eigenvalue weighted by atomic mass is 16.5. The van der Waals surface area contributed by atoms with Gasteiger partial charge in [-0.25, -0.2) is 0 Å². The van der Waals surface area contributed by atoms with Crippen molar-refractivity contribution in [3.05, 3.63) is 97.2 Å². The summed E-state index contributed by atoms with van der Waals surface area (Å²) in [5, 5.41) is 23.8. The minimum absolute atomic E-state index is 0.0158. The fraction of sp³-hybridized carbons (Fsp3) is 0.714. The Balaban J connectivity index is 4.72. The van der Waals surface area contributed by atoms with Gasteiger partial charge in [-0.15, -0.1) is 0 Å². The number of esters is 1. The van der Waals surface area contributed by atoms with Gasteiger partial charge in [0.25, 0.3) is 0 Å². The Labute approximate surface area is 426 Å². The van der Waals surface area contributed by atoms with Gasteiger partial charge in [0.1, 0.15) is 6.10 Å². The fourth-order valence-electron chi connectivity index (χ4n) is 8.22. The standard InChI is InChI=1S/C63H109NO5/c1-4-7-10-13-16-19-22-25-28-30-31-32-35-38-41-44-47-50-53-56-63(68)69-59(54-51-48-45-42-39-36-33-27-24-21-18-15-12-9-6-3)57-62(67)64-60(58-65)61(66)55-52-49-46-43-40-37-34-29-26-23-20-17-14-11-8-5-2/h16,18-19,21,25,27-28,31-33,38-39,41-42,48,51,59-61,65-66H,4-15,17,20,22-24,26,29-30,34-37,40,43-47,49-50,52-58H2,1-3H3,(H,64,67)/b19-16-,21-18-,28-25-,32-31-,33-27-,41-38-,42-39-,51-48-. The molecule has 6 nitrogen and oxygen atoms in total. The average molecular weight is 961 g/mol. The van der Waals surface area contributed by atoms with E-state index in [1.54, 1.807) is 0 Å². The van der Waals surface area contributed by atoms with E-state index in [0.717, 1.165) is 83.5 Å². The van der Waals surface area contributed by atoms with Crippen LogP contribution in [-0.4, -0.2) is 46.9 Å². The van der Waals surface area contributed by atoms with E-state index in [-0.39, 0.29) is 24.9 Å². The summed E-state index contributed by atoms with van der Waals surface area (Å²) in [6.45, 7) is 6.41. The average Bonchev–Trinajstić information content (AvgIpc) is 3.34. The minimum Gasteiger partial charge on any atom is -0.461 e. The third-order valence-electron chi connectivity index (χ3n) is 12.6. The lowest BCUT2D eigenvalue weighted by atomic mass is 10.0. The molecule has 0 aliphatic rings. The van der Waals surface area contributed by atoms with Crippen molar-refractivity contribution in [2.24, 2.45) is 0 Å². The van der Waals surface area contributed by atoms with E-state index in [9.17, 15) is 19.8 Å². The molecule has 0 aliphatic carbocycles. The maximum atomic E-state index is 13.2. The number of hydrogen-bond donors (Lipinski definition) is 3. The van der Waals surface area contributed by atoms with E-state index in [0.29, 0.717) is 19.3 Å². The van der Waals surface area contributed by atoms with E-state index in [1.165, 1.54) is 135 Å². The molecule has 0 aromatic heterocycles. The van der Waals surface area contributed by atoms with Crippen LogP contribution in [0.2, 0.25) is 0 Å². The third-order valence-corrected chi connectivity index (χ3v) is 12.6. The molecule has 1 amide bonds. The lowest BCUT2D eigenvalue weighted by Gasteiger charge is -2.24. The Bertz CT molecular complexity index is 1350. The normalized spacial score (nSPS) is 13.9. The first kappa shape index (κ1) is 65.8. The van der Waals surface area contributed by atoms with Crippen molar-refractivity contribution in [2.45, 2.75) is 283 Å². The second-order valence-electron chi connectivity index (χ2n) is 19.3. The molecule has 0 aromatic rings. The zero-order valence-electron chi connectivity index (χ0n) is 45.2. The van der Waals surface area contributed by atoms with Gasteiger partial charge in [0, 0.05) is 12.8 Å². The number of aliphatic hydroxyl groups is 2. The Morgan fingerprint density at radius 3 is 1.17 bits per heavy atom. The zero-order chi connectivity index (χ0) is 50.2. The van der Waals surface area contributed by atoms with Gasteiger partial charge < -0.3 is 20.3 Å². The summed E-state index contributed by atoms with van der Waals surface area (Å²) in [6.07, 6.45) is 74.8. The van der Waals surface area contributed by atoms with Crippen LogP contribution in [0.25, 0.3) is 0 Å². The monoisotopic (exact) mass is 960 g/mol. The highest BCUT2D eigenvalue weighted by Crippen LogP contribution is 2.16. The highest BCUT2D eigenvalue weighted by molar-refractivity contribution is 5.77. The van der Waals surface area contributed by atoms with Crippen LogP contribution in [-0.2, 0) is 14.3 Å². The quantitative estimate of drug-likeness (QED) is 0.0321. The van der Waals surface area contributed by atoms with E-state index in [2.05, 4.69) is 111 Å². The van der Waals surface area contributed by atoms with Crippen LogP contribution < -0.4 is 5.32 Å². The maximum Gasteiger partial charge on any atom is 0.306 e. The molecule has 396 valence electrons. The van der Waals surface area contributed by atoms with Crippen LogP contribution in [0.3, 0.4) is 0 Å². The number of allylic oxidation sites excluding steroid dienone is 15. The number of amides is 1. The molecule has 0 saturated heterocycles. The summed E-state index contributed by atoms with van der Waals surface area (Å²) in [5.41, 5.74) is 0. The molecule has 0 aromatic carbocycles. The number of aliphatic hydroxyl groups excluding tert-OH is 2. The van der Waals surface area contributed by atoms with E-state index in [4.69, 9.17) is 4.74 Å². The van der Waals surface area contributed by atoms with Gasteiger partial charge in [-0.05, 0) is 89.9 Å². The maximum absolute atomic E-state index is 13.2. The minimum atomic E-state index is -0.823. The summed E-state index contributed by atoms with van der Waals surface area (Å²) in [7, 11) is 0. The van der Waals surface area contributed by atoms with Crippen LogP contribution in [0.15, 0.2) is 97.2 Å². The molecule has 0 fully saturated rings. The first-order valence-corrected chi connectivity index (χ1v) is 29.0. The van der Waals surface area contributed by atoms with Crippen molar-refractivity contribution < 1.29 is 24.5 Å². The molecule has 6 heteroatoms. The predicted molar refractivity (Wildman–Crippen MR) is 300 cm³/mol. The molecule has 69 heavy (non-hydrogen) atoms. The molecular formula is C63H109NO5. The van der Waals surface area contributed by atoms with Gasteiger partial charge in [0.2, 0.25) is 5.91 Å². The van der Waals surface area contributed by atoms with Crippen LogP contribution in [0, 0.1) is 0 Å². The number of carbonyl (C=O) groups is 2. The molecule has 0 saturated carbocycles. The molecule has 0 heterocycles. The number of ether oxygens (including phenoxy) is 1. The number of carbonyl (C=O) groups excluding carboxylic acids is 2. The Morgan fingerprint density at radius 1 is 0.435 bits per heavy atom. The molecule has 3 unspecified atom stereocenters. The van der Waals surface area contributed by atoms with Crippen LogP contribution in [0.5, 0.6) is 0 Å². The van der Waals surface area contributed by atoms with Gasteiger partial charge in [-0.1, -0.05) is 253 Å². The SMILES string of the molecule is CCCCC/C=C\C/C=C\C/C=C\C/C=C\CCCCCC(=O)OC(C/C=C\C/C=C\C/C=C\C/C=C\CCCCC)CC(=O)NC(CO)C(O)CCCCCCCCCCCCCCCCCC. The van der Waals surface area contributed by atoms with E-state index < -0.39 is 18.2 Å². The van der Waals surface area contributed by atoms with E-state index in [1.807, 2.05) is 12.2 Å². The smallest absolute Gasteiger partial charge is 0.306 e. The van der Waals surface area contributed by atoms with Gasteiger partial charge in [-0.2, -0.15) is 0 Å². The largest absolute Gasteiger partial charge is 0.461 e. The highest BCUT2D eigenvalue weighted by Gasteiger charge is 2.23. The molecule has 0 aliphatic heterocycles. The predicted octanol–water partition coefficient (Wildman–Crippen LogP) is 18.1. The molecule has 0 radical (unpaired) electrons. The lowest BCUT2D eigenvalue weighted by Crippen LogP contribution is -2.46. The number of rotatable bonds is 51. The van der Waals surface area contributed by atoms with Gasteiger partial charge >= 0.3 is 5.97 Å². The number of hydrogen-bond acceptors (Lipinski definition) is 5. The van der Waals surface area contributed by atoms with Crippen molar-refractivity contribution in [2.75, 3.05) is 6.61 Å². The first-order valence-electron chi connectivity index (χ1n) is 29.0. The zero-order valence-corrected chi connectivity index (χ0v) is 45.2. The van der Waals surface area contributed by atoms with Crippen LogP contribution in [0.1, 0.15) is 265 Å². The van der Waals surface area contributed by atoms with Crippen LogP contribution in [0.4, 0.5) is 0 Å². The Hall–Kier alpha value is -3.22. The molecular weight excluding hydrogens is 851 g/mol. The Kier molecular flexibility index (Phi) is 53.1. The summed E-state index contributed by atoms with van der Waals surface area (Å²) < 4.78 is 5.88. The van der Waals surface area contributed by atoms with Crippen molar-refractivity contribution in [1.29, 1.82) is 0 Å². The summed E-state index contributed by atoms with van der Waals surface area (Å²) in [5.74, 6) is -0.614. The second kappa shape index (κ2) is 55.7. The first-order chi connectivity index (χ1) is 34.0. The number of nitrogens with one attached hydrogen (secondary N) is 1. The lowest BCUT2D eigenvalue weighted by molar-refractivity contribution is -0.150. The summed E-state index contributed by atoms with van der Waals surface area (Å²) in [6, 6.07) is -0.744. The van der Waals surface area contributed by atoms with Gasteiger partial charge in [0.05, 0.1) is 25.2 Å². The van der Waals surface area contributed by atoms with Crippen molar-refractivity contribution >= 4 is 11.9 Å². The molecule has 0 spiro atoms. The topological polar surface area (TPSA) is 95.9 Å². The van der Waals surface area contributed by atoms with Crippen molar-refractivity contribution in [3.8, 4) is 0 Å². The van der Waals surface area contributed by atoms with Gasteiger partial charge in [-0.3, -0.25) is 9.59 Å². The third kappa shape index (κ3) is 51.0. The second-order valence-corrected chi connectivity index (χ2v) is 19.3. The van der Waals surface area contributed by atoms with Crippen molar-refractivity contribution in [3.63, 3.8) is 0 Å². The molecule has 0 bridgehead atoms. The molecule has 0 rings (SSSR count). The van der Waals surface area contributed by atoms with Gasteiger partial charge in [0.15, 0.2) is 0 Å². The van der Waals surface area contributed by atoms with E-state index >= 15 is 0 Å². The molecule has 3 atom stereocenters. The summed E-state index contributed by atoms with van der Waals surface area (Å²) >= 11 is 0.